The lowest BCUT2D eigenvalue weighted by Gasteiger charge is -2.22. The van der Waals surface area contributed by atoms with E-state index in [9.17, 15) is 4.39 Å². The van der Waals surface area contributed by atoms with Crippen LogP contribution < -0.4 is 5.73 Å². The van der Waals surface area contributed by atoms with Crippen LogP contribution in [0.1, 0.15) is 29.9 Å². The van der Waals surface area contributed by atoms with E-state index in [1.54, 1.807) is 11.8 Å². The van der Waals surface area contributed by atoms with Crippen LogP contribution in [-0.2, 0) is 7.05 Å². The first-order chi connectivity index (χ1) is 9.51. The summed E-state index contributed by atoms with van der Waals surface area (Å²) in [5.41, 5.74) is 8.28. The van der Waals surface area contributed by atoms with Gasteiger partial charge in [-0.3, -0.25) is 4.68 Å². The van der Waals surface area contributed by atoms with Crippen LogP contribution in [0.5, 0.6) is 0 Å². The number of aryl methyl sites for hydroxylation is 2. The third kappa shape index (κ3) is 3.41. The van der Waals surface area contributed by atoms with E-state index in [0.717, 1.165) is 22.7 Å². The quantitative estimate of drug-likeness (QED) is 0.859. The normalized spacial score (nSPS) is 14.2. The van der Waals surface area contributed by atoms with E-state index < -0.39 is 0 Å². The van der Waals surface area contributed by atoms with E-state index in [2.05, 4.69) is 12.0 Å². The summed E-state index contributed by atoms with van der Waals surface area (Å²) in [6.07, 6.45) is 0.867. The van der Waals surface area contributed by atoms with Gasteiger partial charge in [-0.15, -0.1) is 0 Å². The van der Waals surface area contributed by atoms with E-state index in [0.29, 0.717) is 0 Å². The minimum absolute atomic E-state index is 0.0145. The Bertz CT molecular complexity index is 565. The molecule has 2 unspecified atom stereocenters. The molecule has 1 aromatic heterocycles. The number of rotatable bonds is 5. The summed E-state index contributed by atoms with van der Waals surface area (Å²) < 4.78 is 14.9. The van der Waals surface area contributed by atoms with Gasteiger partial charge in [-0.1, -0.05) is 30.8 Å². The minimum Gasteiger partial charge on any atom is -0.326 e. The molecule has 0 saturated carbocycles. The molecule has 0 aliphatic rings. The van der Waals surface area contributed by atoms with Gasteiger partial charge >= 0.3 is 0 Å². The highest BCUT2D eigenvalue weighted by atomic mass is 32.2. The lowest BCUT2D eigenvalue weighted by molar-refractivity contribution is 0.615. The maximum Gasteiger partial charge on any atom is 0.123 e. The summed E-state index contributed by atoms with van der Waals surface area (Å²) in [4.78, 5) is 0. The SMILES string of the molecule is CCC(N)C(Sc1cc(C)nn1C)c1ccc(F)cc1. The fraction of sp³-hybridized carbons (Fsp3) is 0.400. The molecule has 0 aliphatic heterocycles. The topological polar surface area (TPSA) is 43.8 Å². The third-order valence-electron chi connectivity index (χ3n) is 3.27. The first kappa shape index (κ1) is 15.1. The molecule has 0 bridgehead atoms. The summed E-state index contributed by atoms with van der Waals surface area (Å²) in [5, 5.41) is 5.52. The zero-order valence-corrected chi connectivity index (χ0v) is 12.8. The Kier molecular flexibility index (Phi) is 4.83. The van der Waals surface area contributed by atoms with Gasteiger partial charge in [0.2, 0.25) is 0 Å². The molecule has 0 amide bonds. The molecule has 0 aliphatic carbocycles. The summed E-state index contributed by atoms with van der Waals surface area (Å²) in [6.45, 7) is 4.03. The van der Waals surface area contributed by atoms with Crippen molar-refractivity contribution >= 4 is 11.8 Å². The largest absolute Gasteiger partial charge is 0.326 e. The number of nitrogens with two attached hydrogens (primary N) is 1. The Hall–Kier alpha value is -1.33. The molecular weight excluding hydrogens is 273 g/mol. The smallest absolute Gasteiger partial charge is 0.123 e. The number of benzene rings is 1. The molecule has 1 heterocycles. The number of hydrogen-bond donors (Lipinski definition) is 1. The van der Waals surface area contributed by atoms with Crippen molar-refractivity contribution in [2.75, 3.05) is 0 Å². The molecule has 3 nitrogen and oxygen atoms in total. The third-order valence-corrected chi connectivity index (χ3v) is 4.76. The van der Waals surface area contributed by atoms with Crippen molar-refractivity contribution in [1.29, 1.82) is 0 Å². The number of nitrogens with zero attached hydrogens (tertiary/aromatic N) is 2. The summed E-state index contributed by atoms with van der Waals surface area (Å²) in [5.74, 6) is -0.223. The van der Waals surface area contributed by atoms with E-state index in [-0.39, 0.29) is 17.1 Å². The van der Waals surface area contributed by atoms with Crippen molar-refractivity contribution in [3.05, 3.63) is 47.4 Å². The zero-order chi connectivity index (χ0) is 14.7. The van der Waals surface area contributed by atoms with Crippen molar-refractivity contribution < 1.29 is 4.39 Å². The average Bonchev–Trinajstić information content (AvgIpc) is 2.74. The first-order valence-corrected chi connectivity index (χ1v) is 7.57. The van der Waals surface area contributed by atoms with Gasteiger partial charge in [-0.05, 0) is 37.1 Å². The fourth-order valence-corrected chi connectivity index (χ4v) is 3.45. The molecule has 2 aromatic rings. The van der Waals surface area contributed by atoms with E-state index in [1.165, 1.54) is 12.1 Å². The molecule has 2 atom stereocenters. The molecule has 5 heteroatoms. The Labute approximate surface area is 123 Å². The predicted molar refractivity (Wildman–Crippen MR) is 81.2 cm³/mol. The fourth-order valence-electron chi connectivity index (χ4n) is 2.10. The molecule has 2 N–H and O–H groups in total. The van der Waals surface area contributed by atoms with Gasteiger partial charge in [-0.25, -0.2) is 4.39 Å². The molecule has 1 aromatic carbocycles. The van der Waals surface area contributed by atoms with Crippen LogP contribution in [0.4, 0.5) is 4.39 Å². The van der Waals surface area contributed by atoms with Gasteiger partial charge in [0.05, 0.1) is 16.0 Å². The van der Waals surface area contributed by atoms with Crippen LogP contribution in [0.2, 0.25) is 0 Å². The van der Waals surface area contributed by atoms with Gasteiger partial charge in [0.1, 0.15) is 5.82 Å². The van der Waals surface area contributed by atoms with Gasteiger partial charge in [0, 0.05) is 13.1 Å². The maximum absolute atomic E-state index is 13.1. The molecule has 0 spiro atoms. The van der Waals surface area contributed by atoms with E-state index in [1.807, 2.05) is 36.9 Å². The van der Waals surface area contributed by atoms with Crippen LogP contribution in [-0.4, -0.2) is 15.8 Å². The van der Waals surface area contributed by atoms with Crippen molar-refractivity contribution in [2.45, 2.75) is 36.6 Å². The van der Waals surface area contributed by atoms with Gasteiger partial charge in [0.15, 0.2) is 0 Å². The highest BCUT2D eigenvalue weighted by Crippen LogP contribution is 2.38. The Balaban J connectivity index is 2.28. The zero-order valence-electron chi connectivity index (χ0n) is 12.0. The van der Waals surface area contributed by atoms with E-state index in [4.69, 9.17) is 5.73 Å². The second-order valence-corrected chi connectivity index (χ2v) is 6.07. The second kappa shape index (κ2) is 6.41. The molecule has 0 radical (unpaired) electrons. The highest BCUT2D eigenvalue weighted by Gasteiger charge is 2.21. The summed E-state index contributed by atoms with van der Waals surface area (Å²) in [6, 6.07) is 8.65. The minimum atomic E-state index is -0.223. The molecule has 108 valence electrons. The van der Waals surface area contributed by atoms with Gasteiger partial charge in [0.25, 0.3) is 0 Å². The van der Waals surface area contributed by atoms with Gasteiger partial charge < -0.3 is 5.73 Å². The lowest BCUT2D eigenvalue weighted by atomic mass is 10.0. The summed E-state index contributed by atoms with van der Waals surface area (Å²) in [7, 11) is 1.93. The van der Waals surface area contributed by atoms with Crippen LogP contribution >= 0.6 is 11.8 Å². The molecule has 0 saturated heterocycles. The first-order valence-electron chi connectivity index (χ1n) is 6.69. The maximum atomic E-state index is 13.1. The number of halogens is 1. The molecule has 20 heavy (non-hydrogen) atoms. The number of aromatic nitrogens is 2. The van der Waals surface area contributed by atoms with Crippen LogP contribution in [0.25, 0.3) is 0 Å². The average molecular weight is 293 g/mol. The lowest BCUT2D eigenvalue weighted by Crippen LogP contribution is -2.25. The Morgan fingerprint density at radius 1 is 1.35 bits per heavy atom. The van der Waals surface area contributed by atoms with E-state index >= 15 is 0 Å². The van der Waals surface area contributed by atoms with Crippen LogP contribution in [0, 0.1) is 12.7 Å². The van der Waals surface area contributed by atoms with Crippen LogP contribution in [0.3, 0.4) is 0 Å². The summed E-state index contributed by atoms with van der Waals surface area (Å²) >= 11 is 1.68. The Morgan fingerprint density at radius 2 is 2.00 bits per heavy atom. The molecule has 0 fully saturated rings. The van der Waals surface area contributed by atoms with Crippen molar-refractivity contribution in [3.8, 4) is 0 Å². The van der Waals surface area contributed by atoms with Crippen LogP contribution in [0.15, 0.2) is 35.4 Å². The standard InChI is InChI=1S/C15H20FN3S/c1-4-13(17)15(11-5-7-12(16)8-6-11)20-14-9-10(2)18-19(14)3/h5-9,13,15H,4,17H2,1-3H3. The number of thioether (sulfide) groups is 1. The highest BCUT2D eigenvalue weighted by molar-refractivity contribution is 7.99. The molecule has 2 rings (SSSR count). The van der Waals surface area contributed by atoms with Crippen molar-refractivity contribution in [2.24, 2.45) is 12.8 Å². The van der Waals surface area contributed by atoms with Crippen molar-refractivity contribution in [1.82, 2.24) is 9.78 Å². The monoisotopic (exact) mass is 293 g/mol. The second-order valence-electron chi connectivity index (χ2n) is 4.91. The predicted octanol–water partition coefficient (Wildman–Crippen LogP) is 3.44. The molecular formula is C15H20FN3S. The number of hydrogen-bond acceptors (Lipinski definition) is 3. The van der Waals surface area contributed by atoms with Crippen molar-refractivity contribution in [3.63, 3.8) is 0 Å². The van der Waals surface area contributed by atoms with Gasteiger partial charge in [-0.2, -0.15) is 5.10 Å². The Morgan fingerprint density at radius 3 is 2.50 bits per heavy atom.